The highest BCUT2D eigenvalue weighted by atomic mass is 35.5. The fourth-order valence-electron chi connectivity index (χ4n) is 3.67. The largest absolute Gasteiger partial charge is 0.482 e. The van der Waals surface area contributed by atoms with Crippen molar-refractivity contribution >= 4 is 35.3 Å². The molecule has 3 aromatic carbocycles. The van der Waals surface area contributed by atoms with Gasteiger partial charge in [0.15, 0.2) is 6.61 Å². The molecule has 7 nitrogen and oxygen atoms in total. The predicted octanol–water partition coefficient (Wildman–Crippen LogP) is 5.67. The molecule has 37 heavy (non-hydrogen) atoms. The zero-order valence-electron chi connectivity index (χ0n) is 20.2. The second-order valence-corrected chi connectivity index (χ2v) is 8.61. The maximum Gasteiger partial charge on any atom is 0.271 e. The SMILES string of the molecule is Cc1ccc(C)n1-c1ccc(C(=O)N/N=C\c2ccc(OCC(=O)Nc3ccccc3F)c(Cl)c2)cc1. The Morgan fingerprint density at radius 1 is 1.00 bits per heavy atom. The number of benzene rings is 3. The smallest absolute Gasteiger partial charge is 0.271 e. The molecular weight excluding hydrogens is 495 g/mol. The van der Waals surface area contributed by atoms with E-state index in [4.69, 9.17) is 16.3 Å². The summed E-state index contributed by atoms with van der Waals surface area (Å²) < 4.78 is 21.2. The van der Waals surface area contributed by atoms with Crippen LogP contribution in [0, 0.1) is 19.7 Å². The van der Waals surface area contributed by atoms with E-state index in [1.165, 1.54) is 24.4 Å². The number of amides is 2. The molecule has 0 spiro atoms. The third kappa shape index (κ3) is 6.42. The Balaban J connectivity index is 1.30. The van der Waals surface area contributed by atoms with Gasteiger partial charge in [0.05, 0.1) is 16.9 Å². The van der Waals surface area contributed by atoms with Gasteiger partial charge in [-0.05, 0) is 86.1 Å². The number of carbonyl (C=O) groups excluding carboxylic acids is 2. The molecule has 0 aliphatic rings. The molecule has 4 rings (SSSR count). The molecule has 1 heterocycles. The first kappa shape index (κ1) is 25.7. The minimum atomic E-state index is -0.538. The number of nitrogens with one attached hydrogen (secondary N) is 2. The van der Waals surface area contributed by atoms with Gasteiger partial charge < -0.3 is 14.6 Å². The molecule has 9 heteroatoms. The number of hydrogen-bond acceptors (Lipinski definition) is 4. The van der Waals surface area contributed by atoms with E-state index in [1.807, 2.05) is 38.1 Å². The van der Waals surface area contributed by atoms with E-state index in [2.05, 4.69) is 20.4 Å². The molecule has 1 aromatic heterocycles. The van der Waals surface area contributed by atoms with Crippen LogP contribution in [0.15, 0.2) is 84.0 Å². The van der Waals surface area contributed by atoms with Gasteiger partial charge in [0, 0.05) is 22.6 Å². The average Bonchev–Trinajstić information content (AvgIpc) is 3.22. The molecule has 2 N–H and O–H groups in total. The van der Waals surface area contributed by atoms with E-state index in [1.54, 1.807) is 36.4 Å². The van der Waals surface area contributed by atoms with Crippen molar-refractivity contribution in [2.75, 3.05) is 11.9 Å². The van der Waals surface area contributed by atoms with Crippen molar-refractivity contribution in [1.82, 2.24) is 9.99 Å². The Kier molecular flexibility index (Phi) is 8.00. The summed E-state index contributed by atoms with van der Waals surface area (Å²) in [6, 6.07) is 22.0. The molecule has 0 bridgehead atoms. The van der Waals surface area contributed by atoms with Crippen molar-refractivity contribution in [1.29, 1.82) is 0 Å². The minimum absolute atomic E-state index is 0.0674. The van der Waals surface area contributed by atoms with Crippen LogP contribution in [-0.2, 0) is 4.79 Å². The Hall–Kier alpha value is -4.43. The first-order chi connectivity index (χ1) is 17.8. The molecule has 0 atom stereocenters. The van der Waals surface area contributed by atoms with Gasteiger partial charge in [0.2, 0.25) is 0 Å². The van der Waals surface area contributed by atoms with Gasteiger partial charge in [-0.2, -0.15) is 5.10 Å². The number of aryl methyl sites for hydroxylation is 2. The lowest BCUT2D eigenvalue weighted by Crippen LogP contribution is -2.20. The second kappa shape index (κ2) is 11.5. The van der Waals surface area contributed by atoms with E-state index in [-0.39, 0.29) is 29.0 Å². The lowest BCUT2D eigenvalue weighted by Gasteiger charge is -2.10. The van der Waals surface area contributed by atoms with Crippen LogP contribution in [0.5, 0.6) is 5.75 Å². The molecule has 0 unspecified atom stereocenters. The van der Waals surface area contributed by atoms with Gasteiger partial charge in [0.1, 0.15) is 11.6 Å². The number of rotatable bonds is 8. The topological polar surface area (TPSA) is 84.7 Å². The summed E-state index contributed by atoms with van der Waals surface area (Å²) in [6.45, 7) is 3.70. The monoisotopic (exact) mass is 518 g/mol. The van der Waals surface area contributed by atoms with Crippen LogP contribution in [0.3, 0.4) is 0 Å². The van der Waals surface area contributed by atoms with Gasteiger partial charge in [-0.3, -0.25) is 9.59 Å². The van der Waals surface area contributed by atoms with Crippen LogP contribution < -0.4 is 15.5 Å². The fraction of sp³-hybridized carbons (Fsp3) is 0.107. The van der Waals surface area contributed by atoms with Crippen LogP contribution >= 0.6 is 11.6 Å². The number of carbonyl (C=O) groups is 2. The van der Waals surface area contributed by atoms with Gasteiger partial charge in [-0.1, -0.05) is 23.7 Å². The summed E-state index contributed by atoms with van der Waals surface area (Å²) in [6.07, 6.45) is 1.44. The zero-order chi connectivity index (χ0) is 26.4. The highest BCUT2D eigenvalue weighted by molar-refractivity contribution is 6.32. The summed E-state index contributed by atoms with van der Waals surface area (Å²) >= 11 is 6.25. The van der Waals surface area contributed by atoms with Crippen LogP contribution in [0.4, 0.5) is 10.1 Å². The van der Waals surface area contributed by atoms with E-state index < -0.39 is 11.7 Å². The van der Waals surface area contributed by atoms with Crippen LogP contribution in [0.25, 0.3) is 5.69 Å². The molecule has 2 amide bonds. The van der Waals surface area contributed by atoms with Crippen LogP contribution in [-0.4, -0.2) is 29.2 Å². The van der Waals surface area contributed by atoms with Gasteiger partial charge in [0.25, 0.3) is 11.8 Å². The van der Waals surface area contributed by atoms with Crippen molar-refractivity contribution in [3.63, 3.8) is 0 Å². The maximum absolute atomic E-state index is 13.6. The highest BCUT2D eigenvalue weighted by Crippen LogP contribution is 2.25. The summed E-state index contributed by atoms with van der Waals surface area (Å²) in [5, 5.41) is 6.67. The molecular formula is C28H24ClFN4O3. The average molecular weight is 519 g/mol. The van der Waals surface area contributed by atoms with Crippen molar-refractivity contribution in [2.45, 2.75) is 13.8 Å². The molecule has 0 radical (unpaired) electrons. The number of aromatic nitrogens is 1. The number of hydrazone groups is 1. The summed E-state index contributed by atoms with van der Waals surface area (Å²) in [4.78, 5) is 24.5. The van der Waals surface area contributed by atoms with Gasteiger partial charge >= 0.3 is 0 Å². The van der Waals surface area contributed by atoms with Crippen molar-refractivity contribution in [2.24, 2.45) is 5.10 Å². The molecule has 4 aromatic rings. The molecule has 188 valence electrons. The highest BCUT2D eigenvalue weighted by Gasteiger charge is 2.10. The normalized spacial score (nSPS) is 10.9. The van der Waals surface area contributed by atoms with Crippen LogP contribution in [0.2, 0.25) is 5.02 Å². The van der Waals surface area contributed by atoms with Crippen LogP contribution in [0.1, 0.15) is 27.3 Å². The summed E-state index contributed by atoms with van der Waals surface area (Å²) in [5.74, 6) is -1.14. The lowest BCUT2D eigenvalue weighted by molar-refractivity contribution is -0.118. The predicted molar refractivity (Wildman–Crippen MR) is 142 cm³/mol. The fourth-order valence-corrected chi connectivity index (χ4v) is 3.92. The van der Waals surface area contributed by atoms with E-state index >= 15 is 0 Å². The molecule has 0 fully saturated rings. The number of ether oxygens (including phenoxy) is 1. The van der Waals surface area contributed by atoms with Crippen molar-refractivity contribution < 1.29 is 18.7 Å². The third-order valence-electron chi connectivity index (χ3n) is 5.50. The quantitative estimate of drug-likeness (QED) is 0.233. The number of hydrogen-bond donors (Lipinski definition) is 2. The molecule has 0 aliphatic heterocycles. The first-order valence-corrected chi connectivity index (χ1v) is 11.7. The number of halogens is 2. The number of nitrogens with zero attached hydrogens (tertiary/aromatic N) is 2. The second-order valence-electron chi connectivity index (χ2n) is 8.20. The van der Waals surface area contributed by atoms with Gasteiger partial charge in [-0.15, -0.1) is 0 Å². The third-order valence-corrected chi connectivity index (χ3v) is 5.80. The minimum Gasteiger partial charge on any atom is -0.482 e. The lowest BCUT2D eigenvalue weighted by atomic mass is 10.2. The van der Waals surface area contributed by atoms with E-state index in [0.29, 0.717) is 11.1 Å². The first-order valence-electron chi connectivity index (χ1n) is 11.4. The molecule has 0 aliphatic carbocycles. The molecule has 0 saturated heterocycles. The standard InChI is InChI=1S/C28H24ClFN4O3/c1-18-7-8-19(2)34(18)22-12-10-21(11-13-22)28(36)33-31-16-20-9-14-26(23(29)15-20)37-17-27(35)32-25-6-4-3-5-24(25)30/h3-16H,17H2,1-2H3,(H,32,35)(H,33,36)/b31-16-. The van der Waals surface area contributed by atoms with Crippen molar-refractivity contribution in [3.8, 4) is 11.4 Å². The van der Waals surface area contributed by atoms with Gasteiger partial charge in [-0.25, -0.2) is 9.82 Å². The van der Waals surface area contributed by atoms with E-state index in [9.17, 15) is 14.0 Å². The van der Waals surface area contributed by atoms with E-state index in [0.717, 1.165) is 17.1 Å². The molecule has 0 saturated carbocycles. The maximum atomic E-state index is 13.6. The Morgan fingerprint density at radius 2 is 1.70 bits per heavy atom. The Morgan fingerprint density at radius 3 is 2.38 bits per heavy atom. The zero-order valence-corrected chi connectivity index (χ0v) is 20.9. The Bertz CT molecular complexity index is 1450. The van der Waals surface area contributed by atoms with Crippen molar-refractivity contribution in [3.05, 3.63) is 112 Å². The number of anilines is 1. The Labute approximate surface area is 218 Å². The summed E-state index contributed by atoms with van der Waals surface area (Å²) in [7, 11) is 0. The summed E-state index contributed by atoms with van der Waals surface area (Å²) in [5.41, 5.74) is 6.84. The number of para-hydroxylation sites is 1.